The summed E-state index contributed by atoms with van der Waals surface area (Å²) in [5.41, 5.74) is 0. The minimum absolute atomic E-state index is 0.0496. The highest BCUT2D eigenvalue weighted by Gasteiger charge is 2.47. The van der Waals surface area contributed by atoms with Crippen LogP contribution in [0.25, 0.3) is 0 Å². The Balaban J connectivity index is 1.82. The minimum Gasteiger partial charge on any atom is -0.459 e. The molecule has 126 valence electrons. The first-order valence-electron chi connectivity index (χ1n) is 6.97. The molecule has 0 aliphatic heterocycles. The van der Waals surface area contributed by atoms with Crippen LogP contribution in [0.1, 0.15) is 25.7 Å². The first-order chi connectivity index (χ1) is 10.1. The van der Waals surface area contributed by atoms with Crippen molar-refractivity contribution in [3.05, 3.63) is 12.2 Å². The Morgan fingerprint density at radius 1 is 1.14 bits per heavy atom. The second-order valence-corrected chi connectivity index (χ2v) is 5.98. The van der Waals surface area contributed by atoms with Gasteiger partial charge in [0.15, 0.2) is 6.61 Å². The average Bonchev–Trinajstić information content (AvgIpc) is 2.94. The lowest BCUT2D eigenvalue weighted by Gasteiger charge is -2.24. The van der Waals surface area contributed by atoms with Gasteiger partial charge in [-0.05, 0) is 24.7 Å². The molecule has 0 heterocycles. The molecule has 0 aromatic carbocycles. The molecule has 8 heteroatoms. The van der Waals surface area contributed by atoms with Crippen LogP contribution in [-0.4, -0.2) is 30.8 Å². The van der Waals surface area contributed by atoms with Crippen LogP contribution < -0.4 is 0 Å². The lowest BCUT2D eigenvalue weighted by atomic mass is 9.94. The number of rotatable bonds is 7. The number of ether oxygens (including phenoxy) is 1. The van der Waals surface area contributed by atoms with Gasteiger partial charge in [-0.15, -0.1) is 0 Å². The SMILES string of the molecule is O=C(OCC(F)(F)CC(F)(F)CC(F)F)C1CC2C=CC1C2. The number of alkyl halides is 6. The molecule has 3 atom stereocenters. The van der Waals surface area contributed by atoms with Crippen molar-refractivity contribution in [3.63, 3.8) is 0 Å². The van der Waals surface area contributed by atoms with Gasteiger partial charge in [-0.25, -0.2) is 26.3 Å². The molecular weight excluding hydrogens is 314 g/mol. The second-order valence-electron chi connectivity index (χ2n) is 5.98. The van der Waals surface area contributed by atoms with Gasteiger partial charge in [-0.2, -0.15) is 0 Å². The van der Waals surface area contributed by atoms with E-state index in [1.807, 2.05) is 12.2 Å². The zero-order valence-electron chi connectivity index (χ0n) is 11.6. The fourth-order valence-electron chi connectivity index (χ4n) is 3.06. The van der Waals surface area contributed by atoms with Crippen molar-refractivity contribution in [2.45, 2.75) is 44.0 Å². The van der Waals surface area contributed by atoms with E-state index < -0.39 is 49.6 Å². The van der Waals surface area contributed by atoms with Crippen LogP contribution in [0.2, 0.25) is 0 Å². The molecule has 2 bridgehead atoms. The van der Waals surface area contributed by atoms with Crippen molar-refractivity contribution in [2.75, 3.05) is 6.61 Å². The molecule has 0 aromatic heterocycles. The summed E-state index contributed by atoms with van der Waals surface area (Å²) in [4.78, 5) is 11.7. The summed E-state index contributed by atoms with van der Waals surface area (Å²) in [5.74, 6) is -9.42. The zero-order chi connectivity index (χ0) is 16.5. The van der Waals surface area contributed by atoms with Gasteiger partial charge in [0.05, 0.1) is 18.8 Å². The summed E-state index contributed by atoms with van der Waals surface area (Å²) in [6.07, 6.45) is -2.32. The largest absolute Gasteiger partial charge is 0.459 e. The van der Waals surface area contributed by atoms with Gasteiger partial charge in [0.1, 0.15) is 0 Å². The van der Waals surface area contributed by atoms with Crippen molar-refractivity contribution >= 4 is 5.97 Å². The molecule has 0 amide bonds. The van der Waals surface area contributed by atoms with Crippen LogP contribution in [0, 0.1) is 17.8 Å². The molecule has 2 aliphatic carbocycles. The summed E-state index contributed by atoms with van der Waals surface area (Å²) in [7, 11) is 0. The quantitative estimate of drug-likeness (QED) is 0.400. The Morgan fingerprint density at radius 2 is 1.82 bits per heavy atom. The summed E-state index contributed by atoms with van der Waals surface area (Å²) < 4.78 is 81.0. The predicted octanol–water partition coefficient (Wildman–Crippen LogP) is 4.06. The van der Waals surface area contributed by atoms with E-state index in [0.29, 0.717) is 6.42 Å². The van der Waals surface area contributed by atoms with E-state index in [1.54, 1.807) is 0 Å². The second kappa shape index (κ2) is 6.12. The van der Waals surface area contributed by atoms with E-state index in [0.717, 1.165) is 6.42 Å². The molecule has 1 fully saturated rings. The topological polar surface area (TPSA) is 26.3 Å². The zero-order valence-corrected chi connectivity index (χ0v) is 11.6. The van der Waals surface area contributed by atoms with Crippen LogP contribution in [0.4, 0.5) is 26.3 Å². The molecule has 0 aromatic rings. The monoisotopic (exact) mass is 330 g/mol. The fraction of sp³-hybridized carbons (Fsp3) is 0.786. The molecule has 2 rings (SSSR count). The molecule has 2 aliphatic rings. The number of halogens is 6. The highest BCUT2D eigenvalue weighted by atomic mass is 19.3. The summed E-state index contributed by atoms with van der Waals surface area (Å²) in [5, 5.41) is 0. The molecule has 3 unspecified atom stereocenters. The van der Waals surface area contributed by atoms with Crippen LogP contribution >= 0.6 is 0 Å². The van der Waals surface area contributed by atoms with Crippen LogP contribution in [0.3, 0.4) is 0 Å². The maximum Gasteiger partial charge on any atom is 0.309 e. The van der Waals surface area contributed by atoms with Crippen molar-refractivity contribution < 1.29 is 35.9 Å². The normalized spacial score (nSPS) is 27.7. The molecular formula is C14H16F6O2. The molecule has 2 nitrogen and oxygen atoms in total. The number of carbonyl (C=O) groups is 1. The Bertz CT molecular complexity index is 449. The van der Waals surface area contributed by atoms with Gasteiger partial charge in [0.25, 0.3) is 11.8 Å². The third-order valence-electron chi connectivity index (χ3n) is 3.98. The standard InChI is InChI=1S/C14H16F6O2/c15-11(16)5-13(17,18)6-14(19,20)7-22-12(21)10-4-8-1-2-9(10)3-8/h1-2,8-11H,3-7H2. The van der Waals surface area contributed by atoms with E-state index in [-0.39, 0.29) is 11.8 Å². The first-order valence-corrected chi connectivity index (χ1v) is 6.97. The maximum absolute atomic E-state index is 13.4. The lowest BCUT2D eigenvalue weighted by Crippen LogP contribution is -2.36. The van der Waals surface area contributed by atoms with Crippen molar-refractivity contribution in [2.24, 2.45) is 17.8 Å². The predicted molar refractivity (Wildman–Crippen MR) is 64.9 cm³/mol. The van der Waals surface area contributed by atoms with Crippen LogP contribution in [0.15, 0.2) is 12.2 Å². The number of fused-ring (bicyclic) bond motifs is 2. The molecule has 1 saturated carbocycles. The summed E-state index contributed by atoms with van der Waals surface area (Å²) in [6, 6.07) is 0. The van der Waals surface area contributed by atoms with E-state index in [4.69, 9.17) is 0 Å². The van der Waals surface area contributed by atoms with E-state index >= 15 is 0 Å². The Kier molecular flexibility index (Phi) is 4.77. The van der Waals surface area contributed by atoms with Crippen molar-refractivity contribution in [1.29, 1.82) is 0 Å². The van der Waals surface area contributed by atoms with E-state index in [2.05, 4.69) is 4.74 Å². The number of allylic oxidation sites excluding steroid dienone is 2. The molecule has 0 spiro atoms. The average molecular weight is 330 g/mol. The molecule has 0 saturated heterocycles. The third-order valence-corrected chi connectivity index (χ3v) is 3.98. The Hall–Kier alpha value is -1.21. The van der Waals surface area contributed by atoms with Crippen molar-refractivity contribution in [3.8, 4) is 0 Å². The maximum atomic E-state index is 13.4. The lowest BCUT2D eigenvalue weighted by molar-refractivity contribution is -0.176. The van der Waals surface area contributed by atoms with Gasteiger partial charge < -0.3 is 4.74 Å². The van der Waals surface area contributed by atoms with Crippen LogP contribution in [0.5, 0.6) is 0 Å². The molecule has 0 radical (unpaired) electrons. The molecule has 0 N–H and O–H groups in total. The Morgan fingerprint density at radius 3 is 2.32 bits per heavy atom. The highest BCUT2D eigenvalue weighted by Crippen LogP contribution is 2.44. The minimum atomic E-state index is -4.21. The van der Waals surface area contributed by atoms with E-state index in [9.17, 15) is 31.1 Å². The van der Waals surface area contributed by atoms with Crippen molar-refractivity contribution in [1.82, 2.24) is 0 Å². The Labute approximate surface area is 123 Å². The third kappa shape index (κ3) is 4.39. The van der Waals surface area contributed by atoms with Gasteiger partial charge in [0.2, 0.25) is 6.43 Å². The first kappa shape index (κ1) is 17.1. The number of carbonyl (C=O) groups excluding carboxylic acids is 1. The van der Waals surface area contributed by atoms with E-state index in [1.165, 1.54) is 0 Å². The highest BCUT2D eigenvalue weighted by molar-refractivity contribution is 5.74. The smallest absolute Gasteiger partial charge is 0.309 e. The number of hydrogen-bond donors (Lipinski definition) is 0. The molecule has 22 heavy (non-hydrogen) atoms. The number of esters is 1. The summed E-state index contributed by atoms with van der Waals surface area (Å²) >= 11 is 0. The fourth-order valence-corrected chi connectivity index (χ4v) is 3.06. The van der Waals surface area contributed by atoms with Gasteiger partial charge in [-0.1, -0.05) is 12.2 Å². The van der Waals surface area contributed by atoms with Gasteiger partial charge in [0, 0.05) is 0 Å². The number of hydrogen-bond acceptors (Lipinski definition) is 2. The van der Waals surface area contributed by atoms with Gasteiger partial charge in [-0.3, -0.25) is 4.79 Å². The summed E-state index contributed by atoms with van der Waals surface area (Å²) in [6.45, 7) is -1.51. The van der Waals surface area contributed by atoms with Crippen LogP contribution in [-0.2, 0) is 9.53 Å². The van der Waals surface area contributed by atoms with Gasteiger partial charge >= 0.3 is 5.97 Å².